The van der Waals surface area contributed by atoms with Crippen molar-refractivity contribution in [2.24, 2.45) is 0 Å². The van der Waals surface area contributed by atoms with Gasteiger partial charge in [0.1, 0.15) is 18.3 Å². The van der Waals surface area contributed by atoms with Crippen molar-refractivity contribution in [1.29, 1.82) is 0 Å². The first-order valence-corrected chi connectivity index (χ1v) is 14.2. The van der Waals surface area contributed by atoms with Gasteiger partial charge in [0.15, 0.2) is 0 Å². The Morgan fingerprint density at radius 2 is 1.66 bits per heavy atom. The van der Waals surface area contributed by atoms with Gasteiger partial charge in [0.05, 0.1) is 24.1 Å². The van der Waals surface area contributed by atoms with Crippen LogP contribution in [0.4, 0.5) is 5.69 Å². The predicted octanol–water partition coefficient (Wildman–Crippen LogP) is 4.15. The number of ether oxygens (including phenoxy) is 1. The summed E-state index contributed by atoms with van der Waals surface area (Å²) in [5.74, 6) is -0.394. The van der Waals surface area contributed by atoms with Gasteiger partial charge in [-0.25, -0.2) is 8.42 Å². The summed E-state index contributed by atoms with van der Waals surface area (Å²) in [6, 6.07) is 19.8. The van der Waals surface area contributed by atoms with Crippen molar-refractivity contribution in [2.75, 3.05) is 31.3 Å². The van der Waals surface area contributed by atoms with Crippen LogP contribution in [-0.4, -0.2) is 58.1 Å². The smallest absolute Gasteiger partial charge is 0.244 e. The Balaban J connectivity index is 2.05. The van der Waals surface area contributed by atoms with E-state index in [1.165, 1.54) is 37.3 Å². The summed E-state index contributed by atoms with van der Waals surface area (Å²) in [5.41, 5.74) is 1.65. The first-order chi connectivity index (χ1) is 18.0. The molecule has 38 heavy (non-hydrogen) atoms. The molecule has 11 heteroatoms. The van der Waals surface area contributed by atoms with Gasteiger partial charge in [0, 0.05) is 25.0 Å². The van der Waals surface area contributed by atoms with Crippen LogP contribution in [-0.2, 0) is 32.6 Å². The van der Waals surface area contributed by atoms with Gasteiger partial charge in [-0.05, 0) is 41.5 Å². The summed E-state index contributed by atoms with van der Waals surface area (Å²) in [6.07, 6.45) is 1.20. The van der Waals surface area contributed by atoms with Gasteiger partial charge in [0.25, 0.3) is 0 Å². The SMILES string of the molecule is CNC(=O)[C@H](Cc1ccccc1)N(Cc1cccc(OC)c1)C(=O)CN(c1ccc(Cl)cc1Cl)S(C)(=O)=O. The number of hydrogen-bond acceptors (Lipinski definition) is 5. The average molecular weight is 579 g/mol. The highest BCUT2D eigenvalue weighted by atomic mass is 35.5. The van der Waals surface area contributed by atoms with E-state index in [2.05, 4.69) is 5.32 Å². The molecule has 0 bridgehead atoms. The van der Waals surface area contributed by atoms with Gasteiger partial charge in [-0.3, -0.25) is 13.9 Å². The number of amides is 2. The van der Waals surface area contributed by atoms with E-state index in [4.69, 9.17) is 27.9 Å². The van der Waals surface area contributed by atoms with Crippen molar-refractivity contribution in [2.45, 2.75) is 19.0 Å². The molecule has 3 rings (SSSR count). The molecule has 0 unspecified atom stereocenters. The van der Waals surface area contributed by atoms with Crippen LogP contribution in [0.1, 0.15) is 11.1 Å². The summed E-state index contributed by atoms with van der Waals surface area (Å²) < 4.78 is 31.8. The lowest BCUT2D eigenvalue weighted by atomic mass is 10.0. The fourth-order valence-corrected chi connectivity index (χ4v) is 5.39. The third-order valence-corrected chi connectivity index (χ3v) is 7.53. The van der Waals surface area contributed by atoms with Crippen molar-refractivity contribution in [3.63, 3.8) is 0 Å². The number of methoxy groups -OCH3 is 1. The highest BCUT2D eigenvalue weighted by Crippen LogP contribution is 2.30. The minimum atomic E-state index is -3.94. The molecule has 0 saturated carbocycles. The van der Waals surface area contributed by atoms with E-state index in [1.54, 1.807) is 24.3 Å². The van der Waals surface area contributed by atoms with Crippen LogP contribution in [0.15, 0.2) is 72.8 Å². The normalized spacial score (nSPS) is 11.9. The van der Waals surface area contributed by atoms with E-state index in [1.807, 2.05) is 30.3 Å². The van der Waals surface area contributed by atoms with Gasteiger partial charge >= 0.3 is 0 Å². The van der Waals surface area contributed by atoms with Crippen molar-refractivity contribution in [3.8, 4) is 5.75 Å². The summed E-state index contributed by atoms with van der Waals surface area (Å²) in [7, 11) is -0.915. The lowest BCUT2D eigenvalue weighted by Gasteiger charge is -2.33. The second kappa shape index (κ2) is 13.0. The lowest BCUT2D eigenvalue weighted by molar-refractivity contribution is -0.139. The van der Waals surface area contributed by atoms with Crippen LogP contribution >= 0.6 is 23.2 Å². The van der Waals surface area contributed by atoms with Crippen molar-refractivity contribution in [3.05, 3.63) is 94.0 Å². The topological polar surface area (TPSA) is 96.0 Å². The molecule has 0 fully saturated rings. The Hall–Kier alpha value is -3.27. The molecule has 3 aromatic rings. The fraction of sp³-hybridized carbons (Fsp3) is 0.259. The van der Waals surface area contributed by atoms with E-state index >= 15 is 0 Å². The first-order valence-electron chi connectivity index (χ1n) is 11.6. The third kappa shape index (κ3) is 7.63. The van der Waals surface area contributed by atoms with E-state index in [-0.39, 0.29) is 29.6 Å². The van der Waals surface area contributed by atoms with Crippen LogP contribution in [0.25, 0.3) is 0 Å². The number of anilines is 1. The third-order valence-electron chi connectivity index (χ3n) is 5.86. The fourth-order valence-electron chi connectivity index (χ4n) is 3.97. The summed E-state index contributed by atoms with van der Waals surface area (Å²) >= 11 is 12.3. The minimum absolute atomic E-state index is 0.0346. The zero-order chi connectivity index (χ0) is 27.9. The Labute approximate surface area is 233 Å². The number of benzene rings is 3. The molecule has 0 aliphatic heterocycles. The van der Waals surface area contributed by atoms with Crippen LogP contribution in [0.2, 0.25) is 10.0 Å². The van der Waals surface area contributed by atoms with Gasteiger partial charge in [-0.15, -0.1) is 0 Å². The van der Waals surface area contributed by atoms with Crippen LogP contribution < -0.4 is 14.4 Å². The molecule has 0 radical (unpaired) electrons. The number of carbonyl (C=O) groups excluding carboxylic acids is 2. The molecule has 1 N–H and O–H groups in total. The molecule has 8 nitrogen and oxygen atoms in total. The maximum Gasteiger partial charge on any atom is 0.244 e. The molecule has 2 amide bonds. The summed E-state index contributed by atoms with van der Waals surface area (Å²) in [4.78, 5) is 28.4. The highest BCUT2D eigenvalue weighted by molar-refractivity contribution is 7.92. The van der Waals surface area contributed by atoms with Gasteiger partial charge in [-0.1, -0.05) is 65.7 Å². The predicted molar refractivity (Wildman–Crippen MR) is 150 cm³/mol. The molecule has 0 aliphatic carbocycles. The molecular weight excluding hydrogens is 549 g/mol. The average Bonchev–Trinajstić information content (AvgIpc) is 2.89. The lowest BCUT2D eigenvalue weighted by Crippen LogP contribution is -2.52. The number of hydrogen-bond donors (Lipinski definition) is 1. The Morgan fingerprint density at radius 1 is 0.974 bits per heavy atom. The quantitative estimate of drug-likeness (QED) is 0.369. The van der Waals surface area contributed by atoms with E-state index in [0.29, 0.717) is 16.3 Å². The Bertz CT molecular complexity index is 1390. The second-order valence-corrected chi connectivity index (χ2v) is 11.3. The standard InChI is InChI=1S/C27H29Cl2N3O5S/c1-30-27(34)25(15-19-8-5-4-6-9-19)31(17-20-10-7-11-22(14-20)37-2)26(33)18-32(38(3,35)36)24-13-12-21(28)16-23(24)29/h4-14,16,25H,15,17-18H2,1-3H3,(H,30,34)/t25-/m0/s1. The Kier molecular flexibility index (Phi) is 10.0. The van der Waals surface area contributed by atoms with Crippen LogP contribution in [0.3, 0.4) is 0 Å². The molecule has 3 aromatic carbocycles. The van der Waals surface area contributed by atoms with Crippen molar-refractivity contribution < 1.29 is 22.7 Å². The molecule has 202 valence electrons. The maximum absolute atomic E-state index is 13.9. The number of likely N-dealkylation sites (N-methyl/N-ethyl adjacent to an activating group) is 1. The number of carbonyl (C=O) groups is 2. The zero-order valence-corrected chi connectivity index (χ0v) is 23.6. The molecular formula is C27H29Cl2N3O5S. The number of sulfonamides is 1. The second-order valence-electron chi connectivity index (χ2n) is 8.56. The van der Waals surface area contributed by atoms with Crippen LogP contribution in [0, 0.1) is 0 Å². The van der Waals surface area contributed by atoms with E-state index in [9.17, 15) is 18.0 Å². The molecule has 0 spiro atoms. The number of nitrogens with one attached hydrogen (secondary N) is 1. The summed E-state index contributed by atoms with van der Waals surface area (Å²) in [6.45, 7) is -0.542. The van der Waals surface area contributed by atoms with Gasteiger partial charge in [0.2, 0.25) is 21.8 Å². The Morgan fingerprint density at radius 3 is 2.26 bits per heavy atom. The highest BCUT2D eigenvalue weighted by Gasteiger charge is 2.33. The van der Waals surface area contributed by atoms with Crippen LogP contribution in [0.5, 0.6) is 5.75 Å². The summed E-state index contributed by atoms with van der Waals surface area (Å²) in [5, 5.41) is 3.03. The molecule has 0 aromatic heterocycles. The first kappa shape index (κ1) is 29.3. The largest absolute Gasteiger partial charge is 0.497 e. The van der Waals surface area contributed by atoms with E-state index < -0.39 is 28.5 Å². The molecule has 0 aliphatic rings. The number of halogens is 2. The molecule has 0 saturated heterocycles. The van der Waals surface area contributed by atoms with Gasteiger partial charge < -0.3 is 15.0 Å². The maximum atomic E-state index is 13.9. The molecule has 0 heterocycles. The monoisotopic (exact) mass is 577 g/mol. The van der Waals surface area contributed by atoms with Crippen molar-refractivity contribution >= 4 is 50.7 Å². The zero-order valence-electron chi connectivity index (χ0n) is 21.2. The minimum Gasteiger partial charge on any atom is -0.497 e. The van der Waals surface area contributed by atoms with Crippen molar-refractivity contribution in [1.82, 2.24) is 10.2 Å². The molecule has 1 atom stereocenters. The van der Waals surface area contributed by atoms with Gasteiger partial charge in [-0.2, -0.15) is 0 Å². The number of nitrogens with zero attached hydrogens (tertiary/aromatic N) is 2. The van der Waals surface area contributed by atoms with E-state index in [0.717, 1.165) is 16.1 Å². The number of rotatable bonds is 11.